The van der Waals surface area contributed by atoms with Gasteiger partial charge in [-0.1, -0.05) is 103 Å². The molecular weight excluding hydrogens is 589 g/mol. The van der Waals surface area contributed by atoms with Crippen LogP contribution in [0.3, 0.4) is 0 Å². The molecule has 0 atom stereocenters. The van der Waals surface area contributed by atoms with Gasteiger partial charge in [0.15, 0.2) is 0 Å². The summed E-state index contributed by atoms with van der Waals surface area (Å²) in [5.74, 6) is 0. The standard InChI is InChI=1S/C35H31N3.2ClH.Fe/c1-26(37(3)34-24-13-11-20-30(34)28-16-7-5-8-17-28)32-22-15-23-33(36-32)27(2)38(4)35-25-14-12-21-31(35)29-18-9-6-10-19-29;;;/h5-25H,3-4H2,1-2H3;2*1H;/q;;;+2/p-2. The third kappa shape index (κ3) is 7.30. The van der Waals surface area contributed by atoms with E-state index in [9.17, 15) is 0 Å². The number of para-hydroxylation sites is 2. The third-order valence-electron chi connectivity index (χ3n) is 6.86. The number of hydrogen-bond acceptors (Lipinski definition) is 1. The van der Waals surface area contributed by atoms with Crippen LogP contribution in [0.2, 0.25) is 0 Å². The minimum absolute atomic E-state index is 0.194. The summed E-state index contributed by atoms with van der Waals surface area (Å²) >= 11 is 0.194. The van der Waals surface area contributed by atoms with E-state index < -0.39 is 0 Å². The first-order valence-corrected chi connectivity index (χ1v) is 16.0. The van der Waals surface area contributed by atoms with Crippen LogP contribution in [0.15, 0.2) is 127 Å². The summed E-state index contributed by atoms with van der Waals surface area (Å²) in [5, 5.41) is 0. The maximum absolute atomic E-state index is 5.03. The van der Waals surface area contributed by atoms with Crippen LogP contribution in [0, 0.1) is 14.1 Å². The molecule has 5 aromatic rings. The summed E-state index contributed by atoms with van der Waals surface area (Å²) in [6.45, 7) is 4.12. The Balaban J connectivity index is 0.00000124. The van der Waals surface area contributed by atoms with Crippen molar-refractivity contribution in [3.63, 3.8) is 0 Å². The van der Waals surface area contributed by atoms with Crippen molar-refractivity contribution < 1.29 is 22.3 Å². The van der Waals surface area contributed by atoms with Crippen molar-refractivity contribution in [2.75, 3.05) is 0 Å². The fourth-order valence-electron chi connectivity index (χ4n) is 4.62. The van der Waals surface area contributed by atoms with Crippen molar-refractivity contribution in [3.05, 3.63) is 153 Å². The van der Waals surface area contributed by atoms with Crippen LogP contribution < -0.4 is 0 Å². The molecule has 1 heterocycles. The Kier molecular flexibility index (Phi) is 10.8. The van der Waals surface area contributed by atoms with Gasteiger partial charge >= 0.3 is 33.3 Å². The number of benzene rings is 4. The molecule has 0 radical (unpaired) electrons. The Labute approximate surface area is 258 Å². The van der Waals surface area contributed by atoms with Crippen molar-refractivity contribution in [1.29, 1.82) is 0 Å². The maximum atomic E-state index is 5.03. The zero-order chi connectivity index (χ0) is 29.2. The fourth-order valence-corrected chi connectivity index (χ4v) is 4.62. The summed E-state index contributed by atoms with van der Waals surface area (Å²) in [4.78, 5) is 5.03. The van der Waals surface area contributed by atoms with Crippen molar-refractivity contribution in [3.8, 4) is 22.3 Å². The molecule has 5 rings (SSSR count). The molecule has 41 heavy (non-hydrogen) atoms. The molecule has 4 aromatic carbocycles. The van der Waals surface area contributed by atoms with E-state index in [0.717, 1.165) is 56.4 Å². The summed E-state index contributed by atoms with van der Waals surface area (Å²) < 4.78 is 3.94. The van der Waals surface area contributed by atoms with Crippen molar-refractivity contribution in [2.45, 2.75) is 13.8 Å². The number of aromatic nitrogens is 1. The van der Waals surface area contributed by atoms with Gasteiger partial charge in [0, 0.05) is 14.1 Å². The Morgan fingerprint density at radius 2 is 0.878 bits per heavy atom. The van der Waals surface area contributed by atoms with E-state index in [2.05, 4.69) is 113 Å². The topological polar surface area (TPSA) is 18.9 Å². The van der Waals surface area contributed by atoms with E-state index in [1.54, 1.807) is 0 Å². The second kappa shape index (κ2) is 14.7. The molecule has 208 valence electrons. The first kappa shape index (κ1) is 30.2. The van der Waals surface area contributed by atoms with Gasteiger partial charge in [-0.2, -0.15) is 0 Å². The number of halogens is 2. The average Bonchev–Trinajstić information content (AvgIpc) is 3.04. The minimum atomic E-state index is 0.194. The van der Waals surface area contributed by atoms with Crippen LogP contribution in [0.25, 0.3) is 22.3 Å². The van der Waals surface area contributed by atoms with Crippen molar-refractivity contribution in [2.24, 2.45) is 0 Å². The monoisotopic (exact) mass is 619 g/mol. The molecule has 0 N–H and O–H groups in total. The predicted molar refractivity (Wildman–Crippen MR) is 170 cm³/mol. The SMILES string of the molecule is [CH2-][N+](=C(C)c1cccc(C(C)=[N+]([CH2-])c2ccccc2-c2ccccc2)n1)c1ccccc1-c1ccccc1.[Cl][Fe][Cl]. The van der Waals surface area contributed by atoms with Gasteiger partial charge in [0.2, 0.25) is 0 Å². The van der Waals surface area contributed by atoms with Gasteiger partial charge < -0.3 is 9.15 Å². The second-order valence-electron chi connectivity index (χ2n) is 9.25. The van der Waals surface area contributed by atoms with Crippen LogP contribution >= 0.6 is 20.2 Å². The number of pyridine rings is 1. The van der Waals surface area contributed by atoms with Gasteiger partial charge in [-0.05, 0) is 60.4 Å². The Morgan fingerprint density at radius 1 is 0.537 bits per heavy atom. The first-order valence-electron chi connectivity index (χ1n) is 13.0. The van der Waals surface area contributed by atoms with Crippen LogP contribution in [0.5, 0.6) is 0 Å². The third-order valence-corrected chi connectivity index (χ3v) is 6.86. The van der Waals surface area contributed by atoms with Gasteiger partial charge in [0.1, 0.15) is 22.8 Å². The summed E-state index contributed by atoms with van der Waals surface area (Å²) in [6, 6.07) is 43.5. The van der Waals surface area contributed by atoms with Gasteiger partial charge in [-0.3, -0.25) is 4.98 Å². The van der Waals surface area contributed by atoms with Crippen LogP contribution in [0.1, 0.15) is 25.2 Å². The molecule has 0 saturated carbocycles. The Bertz CT molecular complexity index is 1550. The normalized spacial score (nSPS) is 12.1. The van der Waals surface area contributed by atoms with Crippen LogP contribution in [-0.2, 0) is 13.1 Å². The molecule has 3 nitrogen and oxygen atoms in total. The predicted octanol–water partition coefficient (Wildman–Crippen LogP) is 9.68. The molecule has 0 fully saturated rings. The molecular formula is C35H31Cl2FeN3. The number of hydrogen-bond donors (Lipinski definition) is 0. The van der Waals surface area contributed by atoms with Crippen LogP contribution in [0.4, 0.5) is 11.4 Å². The van der Waals surface area contributed by atoms with Gasteiger partial charge in [-0.25, -0.2) is 0 Å². The van der Waals surface area contributed by atoms with Crippen molar-refractivity contribution in [1.82, 2.24) is 4.98 Å². The molecule has 6 heteroatoms. The summed E-state index contributed by atoms with van der Waals surface area (Å²) in [6.07, 6.45) is 0. The van der Waals surface area contributed by atoms with Gasteiger partial charge in [0.05, 0.1) is 11.4 Å². The molecule has 1 aromatic heterocycles. The Hall–Kier alpha value is -3.79. The molecule has 0 saturated heterocycles. The second-order valence-corrected chi connectivity index (χ2v) is 11.1. The molecule has 0 aliphatic rings. The molecule has 0 aliphatic carbocycles. The average molecular weight is 620 g/mol. The molecule has 0 amide bonds. The zero-order valence-corrected chi connectivity index (χ0v) is 25.6. The molecule has 0 bridgehead atoms. The zero-order valence-electron chi connectivity index (χ0n) is 23.0. The Morgan fingerprint density at radius 3 is 1.27 bits per heavy atom. The molecule has 0 spiro atoms. The van der Waals surface area contributed by atoms with Gasteiger partial charge in [-0.15, -0.1) is 0 Å². The van der Waals surface area contributed by atoms with E-state index in [0.29, 0.717) is 0 Å². The summed E-state index contributed by atoms with van der Waals surface area (Å²) in [5.41, 5.74) is 10.3. The van der Waals surface area contributed by atoms with E-state index in [1.165, 1.54) is 0 Å². The van der Waals surface area contributed by atoms with E-state index in [4.69, 9.17) is 25.2 Å². The quantitative estimate of drug-likeness (QED) is 0.0801. The number of rotatable bonds is 6. The van der Waals surface area contributed by atoms with E-state index >= 15 is 0 Å². The van der Waals surface area contributed by atoms with E-state index in [-0.39, 0.29) is 13.1 Å². The molecule has 0 aliphatic heterocycles. The van der Waals surface area contributed by atoms with E-state index in [1.807, 2.05) is 51.6 Å². The van der Waals surface area contributed by atoms with Gasteiger partial charge in [0.25, 0.3) is 0 Å². The molecule has 0 unspecified atom stereocenters. The van der Waals surface area contributed by atoms with Crippen LogP contribution in [-0.4, -0.2) is 25.6 Å². The first-order chi connectivity index (χ1) is 20.0. The van der Waals surface area contributed by atoms with Crippen molar-refractivity contribution >= 4 is 43.0 Å². The fraction of sp³-hybridized carbons (Fsp3) is 0.0571. The number of nitrogens with zero attached hydrogens (tertiary/aromatic N) is 3. The summed E-state index contributed by atoms with van der Waals surface area (Å²) in [7, 11) is 18.3.